The summed E-state index contributed by atoms with van der Waals surface area (Å²) in [6, 6.07) is 6.03. The standard InChI is InChI=1S/C19H22N8O/c1-25-17(12-27-9-7-20-13-27)21-22-19(25)15-5-3-8-26(11-15)10-14-4-2-6-16-18(14)24-28-23-16/h2,4,6-7,9,13,15H,3,5,8,10-12H2,1H3/t15-/m1/s1. The fourth-order valence-corrected chi connectivity index (χ4v) is 4.05. The van der Waals surface area contributed by atoms with Crippen molar-refractivity contribution in [2.75, 3.05) is 13.1 Å². The van der Waals surface area contributed by atoms with E-state index >= 15 is 0 Å². The molecule has 9 nitrogen and oxygen atoms in total. The normalized spacial score (nSPS) is 18.1. The Bertz CT molecular complexity index is 1070. The first-order valence-corrected chi connectivity index (χ1v) is 9.54. The van der Waals surface area contributed by atoms with Crippen LogP contribution in [0.25, 0.3) is 11.0 Å². The third kappa shape index (κ3) is 3.18. The molecule has 0 aliphatic carbocycles. The van der Waals surface area contributed by atoms with E-state index in [1.807, 2.05) is 22.9 Å². The molecule has 1 aromatic carbocycles. The van der Waals surface area contributed by atoms with Crippen LogP contribution in [0.5, 0.6) is 0 Å². The molecule has 0 saturated carbocycles. The van der Waals surface area contributed by atoms with Gasteiger partial charge in [0.25, 0.3) is 0 Å². The summed E-state index contributed by atoms with van der Waals surface area (Å²) < 4.78 is 9.04. The summed E-state index contributed by atoms with van der Waals surface area (Å²) in [6.45, 7) is 3.54. The lowest BCUT2D eigenvalue weighted by Crippen LogP contribution is -2.35. The minimum Gasteiger partial charge on any atom is -0.330 e. The highest BCUT2D eigenvalue weighted by atomic mass is 16.6. The molecule has 1 aliphatic rings. The van der Waals surface area contributed by atoms with Crippen molar-refractivity contribution >= 4 is 11.0 Å². The summed E-state index contributed by atoms with van der Waals surface area (Å²) in [5.74, 6) is 2.38. The van der Waals surface area contributed by atoms with Gasteiger partial charge in [0.1, 0.15) is 16.9 Å². The van der Waals surface area contributed by atoms with Crippen LogP contribution in [0, 0.1) is 0 Å². The Morgan fingerprint density at radius 1 is 1.18 bits per heavy atom. The second kappa shape index (κ2) is 7.16. The summed E-state index contributed by atoms with van der Waals surface area (Å²) in [7, 11) is 2.06. The smallest absolute Gasteiger partial charge is 0.152 e. The zero-order valence-corrected chi connectivity index (χ0v) is 15.8. The van der Waals surface area contributed by atoms with Crippen molar-refractivity contribution in [1.29, 1.82) is 0 Å². The lowest BCUT2D eigenvalue weighted by atomic mass is 9.96. The van der Waals surface area contributed by atoms with Crippen LogP contribution in [0.15, 0.2) is 41.5 Å². The number of benzene rings is 1. The first-order valence-electron chi connectivity index (χ1n) is 9.54. The van der Waals surface area contributed by atoms with Crippen LogP contribution in [0.4, 0.5) is 0 Å². The number of piperidine rings is 1. The Morgan fingerprint density at radius 3 is 3.04 bits per heavy atom. The molecule has 0 amide bonds. The maximum Gasteiger partial charge on any atom is 0.152 e. The average Bonchev–Trinajstić information content (AvgIpc) is 3.45. The number of rotatable bonds is 5. The molecular formula is C19H22N8O. The van der Waals surface area contributed by atoms with E-state index in [0.717, 1.165) is 60.7 Å². The predicted octanol–water partition coefficient (Wildman–Crippen LogP) is 1.98. The van der Waals surface area contributed by atoms with Gasteiger partial charge in [0.2, 0.25) is 0 Å². The minimum absolute atomic E-state index is 0.373. The quantitative estimate of drug-likeness (QED) is 0.524. The van der Waals surface area contributed by atoms with E-state index in [0.29, 0.717) is 12.5 Å². The molecule has 0 spiro atoms. The van der Waals surface area contributed by atoms with Gasteiger partial charge in [0.05, 0.1) is 12.9 Å². The number of nitrogens with zero attached hydrogens (tertiary/aromatic N) is 8. The molecule has 0 N–H and O–H groups in total. The molecule has 1 atom stereocenters. The van der Waals surface area contributed by atoms with Crippen LogP contribution in [0.2, 0.25) is 0 Å². The summed E-state index contributed by atoms with van der Waals surface area (Å²) in [5.41, 5.74) is 2.81. The largest absolute Gasteiger partial charge is 0.330 e. The Kier molecular flexibility index (Phi) is 4.36. The fraction of sp³-hybridized carbons (Fsp3) is 0.421. The first-order chi connectivity index (χ1) is 13.8. The van der Waals surface area contributed by atoms with Crippen LogP contribution in [0.1, 0.15) is 36.0 Å². The lowest BCUT2D eigenvalue weighted by molar-refractivity contribution is 0.195. The molecule has 28 heavy (non-hydrogen) atoms. The Balaban J connectivity index is 1.32. The summed E-state index contributed by atoms with van der Waals surface area (Å²) in [5, 5.41) is 17.0. The summed E-state index contributed by atoms with van der Waals surface area (Å²) in [4.78, 5) is 6.55. The first kappa shape index (κ1) is 17.1. The van der Waals surface area contributed by atoms with Crippen molar-refractivity contribution < 1.29 is 4.63 Å². The molecule has 0 radical (unpaired) electrons. The number of hydrogen-bond donors (Lipinski definition) is 0. The van der Waals surface area contributed by atoms with E-state index in [1.54, 1.807) is 12.5 Å². The Labute approximate surface area is 162 Å². The van der Waals surface area contributed by atoms with Gasteiger partial charge in [-0.1, -0.05) is 12.1 Å². The van der Waals surface area contributed by atoms with E-state index in [-0.39, 0.29) is 0 Å². The van der Waals surface area contributed by atoms with Crippen LogP contribution >= 0.6 is 0 Å². The molecular weight excluding hydrogens is 356 g/mol. The lowest BCUT2D eigenvalue weighted by Gasteiger charge is -2.32. The highest BCUT2D eigenvalue weighted by Crippen LogP contribution is 2.27. The number of likely N-dealkylation sites (tertiary alicyclic amines) is 1. The highest BCUT2D eigenvalue weighted by Gasteiger charge is 2.26. The minimum atomic E-state index is 0.373. The van der Waals surface area contributed by atoms with Crippen molar-refractivity contribution in [2.24, 2.45) is 7.05 Å². The molecule has 3 aromatic heterocycles. The van der Waals surface area contributed by atoms with Crippen molar-refractivity contribution in [3.05, 3.63) is 54.1 Å². The van der Waals surface area contributed by atoms with Gasteiger partial charge in [0.15, 0.2) is 5.82 Å². The van der Waals surface area contributed by atoms with Gasteiger partial charge in [-0.3, -0.25) is 4.90 Å². The van der Waals surface area contributed by atoms with Crippen LogP contribution in [0.3, 0.4) is 0 Å². The van der Waals surface area contributed by atoms with Gasteiger partial charge < -0.3 is 9.13 Å². The highest BCUT2D eigenvalue weighted by molar-refractivity contribution is 5.76. The SMILES string of the molecule is Cn1c(Cn2ccnc2)nnc1[C@@H]1CCCN(Cc2cccc3nonc23)C1. The maximum atomic E-state index is 4.90. The second-order valence-electron chi connectivity index (χ2n) is 7.39. The van der Waals surface area contributed by atoms with E-state index in [1.165, 1.54) is 0 Å². The molecule has 9 heteroatoms. The summed E-state index contributed by atoms with van der Waals surface area (Å²) >= 11 is 0. The molecule has 4 heterocycles. The molecule has 1 fully saturated rings. The van der Waals surface area contributed by atoms with Crippen molar-refractivity contribution in [1.82, 2.24) is 39.5 Å². The van der Waals surface area contributed by atoms with Gasteiger partial charge in [0, 0.05) is 38.4 Å². The van der Waals surface area contributed by atoms with E-state index in [9.17, 15) is 0 Å². The molecule has 5 rings (SSSR count). The molecule has 0 bridgehead atoms. The van der Waals surface area contributed by atoms with Crippen molar-refractivity contribution in [3.63, 3.8) is 0 Å². The molecule has 1 aliphatic heterocycles. The van der Waals surface area contributed by atoms with Crippen LogP contribution in [-0.2, 0) is 20.1 Å². The molecule has 1 saturated heterocycles. The van der Waals surface area contributed by atoms with Gasteiger partial charge >= 0.3 is 0 Å². The molecule has 0 unspecified atom stereocenters. The molecule has 4 aromatic rings. The van der Waals surface area contributed by atoms with E-state index in [2.05, 4.69) is 48.1 Å². The topological polar surface area (TPSA) is 90.7 Å². The van der Waals surface area contributed by atoms with Gasteiger partial charge in [-0.25, -0.2) is 9.61 Å². The number of fused-ring (bicyclic) bond motifs is 1. The van der Waals surface area contributed by atoms with E-state index < -0.39 is 0 Å². The third-order valence-corrected chi connectivity index (χ3v) is 5.52. The van der Waals surface area contributed by atoms with Gasteiger partial charge in [-0.05, 0) is 41.3 Å². The maximum absolute atomic E-state index is 4.90. The Morgan fingerprint density at radius 2 is 2.14 bits per heavy atom. The number of imidazole rings is 1. The monoisotopic (exact) mass is 378 g/mol. The third-order valence-electron chi connectivity index (χ3n) is 5.52. The van der Waals surface area contributed by atoms with E-state index in [4.69, 9.17) is 4.63 Å². The average molecular weight is 378 g/mol. The second-order valence-corrected chi connectivity index (χ2v) is 7.39. The zero-order valence-electron chi connectivity index (χ0n) is 15.8. The van der Waals surface area contributed by atoms with Crippen molar-refractivity contribution in [3.8, 4) is 0 Å². The van der Waals surface area contributed by atoms with Crippen LogP contribution < -0.4 is 0 Å². The number of aromatic nitrogens is 7. The fourth-order valence-electron chi connectivity index (χ4n) is 4.05. The zero-order chi connectivity index (χ0) is 18.9. The van der Waals surface area contributed by atoms with Gasteiger partial charge in [-0.2, -0.15) is 0 Å². The van der Waals surface area contributed by atoms with Crippen molar-refractivity contribution in [2.45, 2.75) is 31.8 Å². The van der Waals surface area contributed by atoms with Gasteiger partial charge in [-0.15, -0.1) is 10.2 Å². The predicted molar refractivity (Wildman–Crippen MR) is 101 cm³/mol. The van der Waals surface area contributed by atoms with Crippen LogP contribution in [-0.4, -0.2) is 52.6 Å². The summed E-state index contributed by atoms with van der Waals surface area (Å²) in [6.07, 6.45) is 7.79. The Hall–Kier alpha value is -3.07. The number of hydrogen-bond acceptors (Lipinski definition) is 7. The molecule has 144 valence electrons.